The number of allylic oxidation sites excluding steroid dienone is 1. The highest BCUT2D eigenvalue weighted by atomic mass is 16.2. The molecule has 0 aliphatic rings. The standard InChI is InChI=1S/C13H19N3O/c1-10(13(2,3)4)9-15-12(17)16-11-7-5-6-8-14-11/h5-9H,1-4H3,(H2,14,15,16,17)/b10-9+. The zero-order chi connectivity index (χ0) is 12.9. The van der Waals surface area contributed by atoms with E-state index in [0.29, 0.717) is 5.82 Å². The van der Waals surface area contributed by atoms with Crippen LogP contribution in [-0.4, -0.2) is 11.0 Å². The molecule has 2 amide bonds. The fraction of sp³-hybridized carbons (Fsp3) is 0.385. The summed E-state index contributed by atoms with van der Waals surface area (Å²) < 4.78 is 0. The molecule has 0 aliphatic heterocycles. The summed E-state index contributed by atoms with van der Waals surface area (Å²) in [5, 5.41) is 5.33. The second-order valence-corrected chi connectivity index (χ2v) is 4.89. The van der Waals surface area contributed by atoms with Crippen LogP contribution in [0.2, 0.25) is 0 Å². The summed E-state index contributed by atoms with van der Waals surface area (Å²) in [6.45, 7) is 8.27. The van der Waals surface area contributed by atoms with Crippen LogP contribution < -0.4 is 10.6 Å². The highest BCUT2D eigenvalue weighted by Gasteiger charge is 2.12. The first-order valence-corrected chi connectivity index (χ1v) is 5.55. The number of anilines is 1. The van der Waals surface area contributed by atoms with Crippen molar-refractivity contribution < 1.29 is 4.79 Å². The minimum Gasteiger partial charge on any atom is -0.314 e. The fourth-order valence-corrected chi connectivity index (χ4v) is 0.979. The predicted octanol–water partition coefficient (Wildman–Crippen LogP) is 3.15. The van der Waals surface area contributed by atoms with E-state index in [2.05, 4.69) is 36.4 Å². The third-order valence-corrected chi connectivity index (χ3v) is 2.51. The molecule has 0 aromatic carbocycles. The van der Waals surface area contributed by atoms with Crippen molar-refractivity contribution in [2.75, 3.05) is 5.32 Å². The molecule has 1 rings (SSSR count). The van der Waals surface area contributed by atoms with Gasteiger partial charge in [0.15, 0.2) is 0 Å². The average molecular weight is 233 g/mol. The molecule has 0 unspecified atom stereocenters. The maximum Gasteiger partial charge on any atom is 0.324 e. The Hall–Kier alpha value is -1.84. The second-order valence-electron chi connectivity index (χ2n) is 4.89. The Morgan fingerprint density at radius 3 is 2.59 bits per heavy atom. The van der Waals surface area contributed by atoms with Crippen molar-refractivity contribution in [2.24, 2.45) is 5.41 Å². The van der Waals surface area contributed by atoms with Gasteiger partial charge in [0, 0.05) is 12.4 Å². The third kappa shape index (κ3) is 4.68. The van der Waals surface area contributed by atoms with Gasteiger partial charge in [0.2, 0.25) is 0 Å². The largest absolute Gasteiger partial charge is 0.324 e. The number of urea groups is 1. The Balaban J connectivity index is 2.52. The number of pyridine rings is 1. The van der Waals surface area contributed by atoms with Gasteiger partial charge in [0.25, 0.3) is 0 Å². The Morgan fingerprint density at radius 1 is 1.35 bits per heavy atom. The van der Waals surface area contributed by atoms with Gasteiger partial charge in [-0.25, -0.2) is 9.78 Å². The van der Waals surface area contributed by atoms with Crippen LogP contribution in [0.4, 0.5) is 10.6 Å². The van der Waals surface area contributed by atoms with E-state index in [1.165, 1.54) is 0 Å². The topological polar surface area (TPSA) is 54.0 Å². The van der Waals surface area contributed by atoms with E-state index in [9.17, 15) is 4.79 Å². The molecule has 0 saturated carbocycles. The van der Waals surface area contributed by atoms with Crippen LogP contribution in [0, 0.1) is 5.41 Å². The molecule has 17 heavy (non-hydrogen) atoms. The highest BCUT2D eigenvalue weighted by molar-refractivity contribution is 5.88. The summed E-state index contributed by atoms with van der Waals surface area (Å²) >= 11 is 0. The zero-order valence-corrected chi connectivity index (χ0v) is 10.7. The number of hydrogen-bond acceptors (Lipinski definition) is 2. The van der Waals surface area contributed by atoms with Crippen LogP contribution in [0.25, 0.3) is 0 Å². The van der Waals surface area contributed by atoms with Crippen molar-refractivity contribution in [3.05, 3.63) is 36.2 Å². The van der Waals surface area contributed by atoms with Crippen molar-refractivity contribution >= 4 is 11.8 Å². The maximum atomic E-state index is 11.5. The number of carbonyl (C=O) groups is 1. The maximum absolute atomic E-state index is 11.5. The Bertz CT molecular complexity index is 404. The van der Waals surface area contributed by atoms with Gasteiger partial charge in [-0.3, -0.25) is 5.32 Å². The quantitative estimate of drug-likeness (QED) is 0.824. The van der Waals surface area contributed by atoms with E-state index in [1.54, 1.807) is 24.5 Å². The summed E-state index contributed by atoms with van der Waals surface area (Å²) in [5.74, 6) is 0.534. The Labute approximate surface area is 102 Å². The lowest BCUT2D eigenvalue weighted by atomic mass is 9.88. The molecule has 1 aromatic rings. The lowest BCUT2D eigenvalue weighted by Crippen LogP contribution is -2.25. The van der Waals surface area contributed by atoms with Gasteiger partial charge in [0.1, 0.15) is 5.82 Å². The van der Waals surface area contributed by atoms with Crippen LogP contribution in [0.15, 0.2) is 36.2 Å². The summed E-state index contributed by atoms with van der Waals surface area (Å²) in [4.78, 5) is 15.5. The number of nitrogens with zero attached hydrogens (tertiary/aromatic N) is 1. The molecule has 92 valence electrons. The molecule has 1 heterocycles. The first-order valence-electron chi connectivity index (χ1n) is 5.55. The number of carbonyl (C=O) groups excluding carboxylic acids is 1. The molecule has 0 bridgehead atoms. The smallest absolute Gasteiger partial charge is 0.314 e. The number of aromatic nitrogens is 1. The van der Waals surface area contributed by atoms with Crippen molar-refractivity contribution in [2.45, 2.75) is 27.7 Å². The number of rotatable bonds is 2. The average Bonchev–Trinajstić information content (AvgIpc) is 2.26. The first-order chi connectivity index (χ1) is 7.89. The Morgan fingerprint density at radius 2 is 2.06 bits per heavy atom. The van der Waals surface area contributed by atoms with Crippen LogP contribution in [0.5, 0.6) is 0 Å². The first kappa shape index (κ1) is 13.2. The normalized spacial score (nSPS) is 12.1. The van der Waals surface area contributed by atoms with E-state index in [-0.39, 0.29) is 11.4 Å². The zero-order valence-electron chi connectivity index (χ0n) is 10.7. The third-order valence-electron chi connectivity index (χ3n) is 2.51. The minimum atomic E-state index is -0.285. The minimum absolute atomic E-state index is 0.0538. The summed E-state index contributed by atoms with van der Waals surface area (Å²) in [5.41, 5.74) is 1.16. The van der Waals surface area contributed by atoms with Gasteiger partial charge in [-0.1, -0.05) is 32.4 Å². The number of nitrogens with one attached hydrogen (secondary N) is 2. The number of hydrogen-bond donors (Lipinski definition) is 2. The molecule has 0 aliphatic carbocycles. The molecular weight excluding hydrogens is 214 g/mol. The van der Waals surface area contributed by atoms with Crippen LogP contribution >= 0.6 is 0 Å². The van der Waals surface area contributed by atoms with Gasteiger partial charge in [-0.2, -0.15) is 0 Å². The van der Waals surface area contributed by atoms with Crippen LogP contribution in [0.1, 0.15) is 27.7 Å². The van der Waals surface area contributed by atoms with Crippen LogP contribution in [-0.2, 0) is 0 Å². The number of amides is 2. The van der Waals surface area contributed by atoms with Gasteiger partial charge in [0.05, 0.1) is 0 Å². The molecule has 0 spiro atoms. The molecule has 0 radical (unpaired) electrons. The fourth-order valence-electron chi connectivity index (χ4n) is 0.979. The molecule has 1 aromatic heterocycles. The molecule has 4 nitrogen and oxygen atoms in total. The van der Waals surface area contributed by atoms with Gasteiger partial charge in [-0.15, -0.1) is 0 Å². The Kier molecular flexibility index (Phi) is 4.26. The second kappa shape index (κ2) is 5.48. The lowest BCUT2D eigenvalue weighted by molar-refractivity contribution is 0.255. The van der Waals surface area contributed by atoms with Gasteiger partial charge >= 0.3 is 6.03 Å². The predicted molar refractivity (Wildman–Crippen MR) is 69.6 cm³/mol. The van der Waals surface area contributed by atoms with Crippen molar-refractivity contribution in [1.82, 2.24) is 10.3 Å². The molecule has 0 saturated heterocycles. The molecule has 0 fully saturated rings. The van der Waals surface area contributed by atoms with Gasteiger partial charge in [-0.05, 0) is 24.5 Å². The van der Waals surface area contributed by atoms with E-state index in [1.807, 2.05) is 13.0 Å². The molecule has 0 atom stereocenters. The lowest BCUT2D eigenvalue weighted by Gasteiger charge is -2.19. The van der Waals surface area contributed by atoms with Crippen molar-refractivity contribution in [3.63, 3.8) is 0 Å². The highest BCUT2D eigenvalue weighted by Crippen LogP contribution is 2.23. The monoisotopic (exact) mass is 233 g/mol. The summed E-state index contributed by atoms with van der Waals surface area (Å²) in [6, 6.07) is 5.07. The van der Waals surface area contributed by atoms with Crippen molar-refractivity contribution in [3.8, 4) is 0 Å². The van der Waals surface area contributed by atoms with Gasteiger partial charge < -0.3 is 5.32 Å². The van der Waals surface area contributed by atoms with Crippen molar-refractivity contribution in [1.29, 1.82) is 0 Å². The van der Waals surface area contributed by atoms with Crippen LogP contribution in [0.3, 0.4) is 0 Å². The van der Waals surface area contributed by atoms with E-state index in [0.717, 1.165) is 5.57 Å². The summed E-state index contributed by atoms with van der Waals surface area (Å²) in [6.07, 6.45) is 3.35. The van der Waals surface area contributed by atoms with E-state index >= 15 is 0 Å². The molecular formula is C13H19N3O. The van der Waals surface area contributed by atoms with E-state index < -0.39 is 0 Å². The molecule has 4 heteroatoms. The SMILES string of the molecule is C/C(=C\NC(=O)Nc1ccccn1)C(C)(C)C. The van der Waals surface area contributed by atoms with E-state index in [4.69, 9.17) is 0 Å². The molecule has 2 N–H and O–H groups in total. The summed E-state index contributed by atoms with van der Waals surface area (Å²) in [7, 11) is 0.